The largest absolute Gasteiger partial charge is 1.00 e. The summed E-state index contributed by atoms with van der Waals surface area (Å²) in [5.74, 6) is -0.514. The topological polar surface area (TPSA) is 139 Å². The third-order valence-corrected chi connectivity index (χ3v) is 12.0. The second kappa shape index (κ2) is 17.4. The van der Waals surface area contributed by atoms with Gasteiger partial charge in [0.25, 0.3) is 11.8 Å². The molecule has 4 saturated heterocycles. The van der Waals surface area contributed by atoms with Crippen molar-refractivity contribution in [2.45, 2.75) is 76.1 Å². The predicted octanol–water partition coefficient (Wildman–Crippen LogP) is 2.26. The van der Waals surface area contributed by atoms with Gasteiger partial charge < -0.3 is 28.4 Å². The number of piperidine rings is 2. The van der Waals surface area contributed by atoms with Crippen molar-refractivity contribution < 1.29 is 42.8 Å². The summed E-state index contributed by atoms with van der Waals surface area (Å²) < 4.78 is 6.12. The Kier molecular flexibility index (Phi) is 12.8. The zero-order valence-corrected chi connectivity index (χ0v) is 32.8. The number of nitrogens with one attached hydrogen (secondary N) is 1. The molecule has 5 aliphatic rings. The number of anilines is 2. The fraction of sp³-hybridized carbons (Fsp3) is 0.429. The average molecular weight is 770 g/mol. The van der Waals surface area contributed by atoms with E-state index in [1.807, 2.05) is 24.3 Å². The van der Waals surface area contributed by atoms with E-state index in [1.54, 1.807) is 30.5 Å². The number of nitrogens with zero attached hydrogens (tertiary/aromatic N) is 6. The first-order valence-corrected chi connectivity index (χ1v) is 19.3. The van der Waals surface area contributed by atoms with E-state index in [4.69, 9.17) is 21.6 Å². The molecule has 0 bridgehead atoms. The number of amides is 4. The Balaban J connectivity index is 0.000000226. The maximum Gasteiger partial charge on any atom is 1.00 e. The van der Waals surface area contributed by atoms with Gasteiger partial charge >= 0.3 is 18.9 Å². The first-order valence-electron chi connectivity index (χ1n) is 18.9. The number of benzene rings is 2. The van der Waals surface area contributed by atoms with Gasteiger partial charge in [-0.1, -0.05) is 23.2 Å². The second-order valence-electron chi connectivity index (χ2n) is 15.1. The number of fused-ring (bicyclic) bond motifs is 1. The predicted molar refractivity (Wildman–Crippen MR) is 207 cm³/mol. The molecule has 12 nitrogen and oxygen atoms in total. The molecule has 288 valence electrons. The molecule has 8 rings (SSSR count). The van der Waals surface area contributed by atoms with Crippen LogP contribution < -0.4 is 38.7 Å². The Labute approximate surface area is 345 Å². The number of ether oxygens (including phenoxy) is 1. The summed E-state index contributed by atoms with van der Waals surface area (Å²) >= 11 is 6.12. The molecule has 4 amide bonds. The van der Waals surface area contributed by atoms with Gasteiger partial charge in [0.15, 0.2) is 0 Å². The van der Waals surface area contributed by atoms with Gasteiger partial charge in [0.2, 0.25) is 11.8 Å². The molecule has 5 aliphatic heterocycles. The molecular formula is C42H45ClLiN7O5-2. The number of rotatable bonds is 8. The van der Waals surface area contributed by atoms with Gasteiger partial charge in [0, 0.05) is 62.7 Å². The van der Waals surface area contributed by atoms with Crippen LogP contribution in [0.4, 0.5) is 11.5 Å². The van der Waals surface area contributed by atoms with E-state index in [2.05, 4.69) is 57.9 Å². The maximum atomic E-state index is 13.0. The van der Waals surface area contributed by atoms with E-state index < -0.39 is 29.7 Å². The SMILES string of the molecule is O=C1CCC(N2C(=O)c3ccc(OC4CN(C5CCN(c6cc[c-]cn6)CC5)C4)cc3C2=O)C(=O)N1.[CH2-]CC1(C[CH2-])C[C@H](C)N(c2ccc(C#N)c(Cl)c2)C1.[Li+]. The molecule has 1 unspecified atom stereocenters. The van der Waals surface area contributed by atoms with Crippen molar-refractivity contribution in [2.75, 3.05) is 42.5 Å². The number of carbonyl (C=O) groups is 4. The standard InChI is InChI=1S/C26H26N5O5.C16H19ClN2.Li/c32-23-7-6-21(24(33)28-23)31-25(34)19-5-4-17(13-20(19)26(31)35)36-18-14-30(15-18)16-8-11-29(12-9-16)22-3-1-2-10-27-22;1-4-16(5-2)9-12(3)19(11-16)14-7-6-13(10-18)15(17)8-14;/h1,3-5,10,13,16,18,21H,6-9,11-12,14-15H2,(H,28,32,33);6-8,12H,1-2,4-5,9,11H2,3H3;/q-1;-2;+1/t;12-;/m.0./s1. The quantitative estimate of drug-likeness (QED) is 0.206. The summed E-state index contributed by atoms with van der Waals surface area (Å²) in [7, 11) is 0. The molecule has 2 atom stereocenters. The van der Waals surface area contributed by atoms with E-state index in [0.717, 1.165) is 81.2 Å². The van der Waals surface area contributed by atoms with Crippen LogP contribution in [0, 0.1) is 36.7 Å². The number of likely N-dealkylation sites (tertiary alicyclic amines) is 1. The van der Waals surface area contributed by atoms with E-state index >= 15 is 0 Å². The van der Waals surface area contributed by atoms with Gasteiger partial charge in [-0.05, 0) is 69.0 Å². The molecule has 0 radical (unpaired) electrons. The number of carbonyl (C=O) groups excluding carboxylic acids is 4. The fourth-order valence-corrected chi connectivity index (χ4v) is 8.66. The molecule has 1 aromatic heterocycles. The van der Waals surface area contributed by atoms with Crippen molar-refractivity contribution >= 4 is 46.7 Å². The van der Waals surface area contributed by atoms with Crippen LogP contribution in [0.3, 0.4) is 0 Å². The van der Waals surface area contributed by atoms with Crippen LogP contribution in [0.15, 0.2) is 54.7 Å². The number of hydrogen-bond donors (Lipinski definition) is 1. The smallest absolute Gasteiger partial charge is 0.488 e. The summed E-state index contributed by atoms with van der Waals surface area (Å²) in [5.41, 5.74) is 2.31. The molecule has 0 spiro atoms. The maximum absolute atomic E-state index is 13.0. The minimum absolute atomic E-state index is 0. The summed E-state index contributed by atoms with van der Waals surface area (Å²) in [4.78, 5) is 62.0. The van der Waals surface area contributed by atoms with Crippen LogP contribution in [-0.2, 0) is 9.59 Å². The van der Waals surface area contributed by atoms with Crippen molar-refractivity contribution in [3.63, 3.8) is 0 Å². The average Bonchev–Trinajstić information content (AvgIpc) is 3.65. The van der Waals surface area contributed by atoms with E-state index in [1.165, 1.54) is 0 Å². The van der Waals surface area contributed by atoms with Crippen LogP contribution in [-0.4, -0.2) is 95.4 Å². The van der Waals surface area contributed by atoms with Crippen molar-refractivity contribution in [3.05, 3.63) is 96.4 Å². The van der Waals surface area contributed by atoms with Crippen molar-refractivity contribution in [3.8, 4) is 11.8 Å². The normalized spacial score (nSPS) is 22.4. The van der Waals surface area contributed by atoms with Gasteiger partial charge in [-0.3, -0.25) is 39.3 Å². The van der Waals surface area contributed by atoms with Crippen molar-refractivity contribution in [1.29, 1.82) is 5.26 Å². The summed E-state index contributed by atoms with van der Waals surface area (Å²) in [6, 6.07) is 19.4. The number of nitriles is 1. The molecule has 6 heterocycles. The molecule has 4 fully saturated rings. The van der Waals surface area contributed by atoms with Crippen LogP contribution in [0.5, 0.6) is 5.75 Å². The van der Waals surface area contributed by atoms with Crippen LogP contribution in [0.25, 0.3) is 0 Å². The number of aromatic nitrogens is 1. The Morgan fingerprint density at radius 2 is 1.75 bits per heavy atom. The van der Waals surface area contributed by atoms with E-state index in [9.17, 15) is 19.2 Å². The van der Waals surface area contributed by atoms with Crippen LogP contribution >= 0.6 is 11.6 Å². The van der Waals surface area contributed by atoms with Gasteiger partial charge in [-0.2, -0.15) is 24.2 Å². The van der Waals surface area contributed by atoms with Gasteiger partial charge in [-0.15, -0.1) is 0 Å². The molecule has 2 aromatic carbocycles. The van der Waals surface area contributed by atoms with Crippen LogP contribution in [0.1, 0.15) is 78.1 Å². The number of pyridine rings is 1. The third kappa shape index (κ3) is 8.33. The fourth-order valence-electron chi connectivity index (χ4n) is 8.44. The first-order chi connectivity index (χ1) is 26.5. The Hall–Kier alpha value is -4.39. The molecule has 0 saturated carbocycles. The molecule has 0 aliphatic carbocycles. The number of imide groups is 2. The second-order valence-corrected chi connectivity index (χ2v) is 15.5. The van der Waals surface area contributed by atoms with Crippen LogP contribution in [0.2, 0.25) is 5.02 Å². The van der Waals surface area contributed by atoms with Crippen molar-refractivity contribution in [2.24, 2.45) is 5.41 Å². The van der Waals surface area contributed by atoms with Gasteiger partial charge in [0.05, 0.1) is 21.7 Å². The number of halogens is 1. The first kappa shape index (κ1) is 41.2. The zero-order valence-electron chi connectivity index (χ0n) is 32.0. The minimum atomic E-state index is -0.970. The third-order valence-electron chi connectivity index (χ3n) is 11.7. The molecule has 14 heteroatoms. The van der Waals surface area contributed by atoms with Crippen molar-refractivity contribution in [1.82, 2.24) is 20.1 Å². The monoisotopic (exact) mass is 769 g/mol. The van der Waals surface area contributed by atoms with Gasteiger partial charge in [0.1, 0.15) is 24.0 Å². The Morgan fingerprint density at radius 3 is 2.38 bits per heavy atom. The van der Waals surface area contributed by atoms with E-state index in [-0.39, 0.29) is 54.3 Å². The zero-order chi connectivity index (χ0) is 38.9. The summed E-state index contributed by atoms with van der Waals surface area (Å²) in [5, 5.41) is 11.7. The molecule has 1 N–H and O–H groups in total. The minimum Gasteiger partial charge on any atom is -0.488 e. The molecule has 3 aromatic rings. The Bertz CT molecular complexity index is 1990. The summed E-state index contributed by atoms with van der Waals surface area (Å²) in [6.45, 7) is 14.9. The molecule has 56 heavy (non-hydrogen) atoms. The Morgan fingerprint density at radius 1 is 1.02 bits per heavy atom. The number of hydrogen-bond acceptors (Lipinski definition) is 10. The molecular weight excluding hydrogens is 725 g/mol. The van der Waals surface area contributed by atoms with Gasteiger partial charge in [-0.25, -0.2) is 12.1 Å². The van der Waals surface area contributed by atoms with E-state index in [0.29, 0.717) is 28.4 Å². The summed E-state index contributed by atoms with van der Waals surface area (Å²) in [6.07, 6.45) is 7.00.